The lowest BCUT2D eigenvalue weighted by Gasteiger charge is -2.15. The zero-order valence-electron chi connectivity index (χ0n) is 11.8. The van der Waals surface area contributed by atoms with Crippen molar-refractivity contribution in [2.45, 2.75) is 26.6 Å². The fourth-order valence-electron chi connectivity index (χ4n) is 1.93. The van der Waals surface area contributed by atoms with Crippen molar-refractivity contribution in [3.63, 3.8) is 0 Å². The van der Waals surface area contributed by atoms with E-state index < -0.39 is 0 Å². The number of nitrogens with one attached hydrogen (secondary N) is 1. The van der Waals surface area contributed by atoms with Gasteiger partial charge in [0.25, 0.3) is 0 Å². The Morgan fingerprint density at radius 1 is 1.47 bits per heavy atom. The largest absolute Gasteiger partial charge is 0.469 e. The molecule has 6 heteroatoms. The van der Waals surface area contributed by atoms with E-state index in [0.717, 1.165) is 37.6 Å². The van der Waals surface area contributed by atoms with Crippen LogP contribution in [0.3, 0.4) is 0 Å². The monoisotopic (exact) mass is 263 g/mol. The van der Waals surface area contributed by atoms with Gasteiger partial charge in [0.2, 0.25) is 0 Å². The average Bonchev–Trinajstić information content (AvgIpc) is 2.98. The first-order chi connectivity index (χ1) is 9.19. The van der Waals surface area contributed by atoms with E-state index in [1.165, 1.54) is 5.56 Å². The van der Waals surface area contributed by atoms with Gasteiger partial charge in [0.1, 0.15) is 5.76 Å². The van der Waals surface area contributed by atoms with E-state index in [-0.39, 0.29) is 0 Å². The molecule has 0 aromatic carbocycles. The summed E-state index contributed by atoms with van der Waals surface area (Å²) in [6.45, 7) is 5.40. The summed E-state index contributed by atoms with van der Waals surface area (Å²) in [4.78, 5) is 2.25. The van der Waals surface area contributed by atoms with Gasteiger partial charge in [0, 0.05) is 31.4 Å². The third-order valence-corrected chi connectivity index (χ3v) is 3.06. The molecule has 2 aromatic heterocycles. The SMILES string of the molecule is CNCc1cn(CCN(C)Cc2ccoc2C)nn1. The van der Waals surface area contributed by atoms with E-state index in [1.807, 2.05) is 30.9 Å². The van der Waals surface area contributed by atoms with Crippen molar-refractivity contribution in [2.24, 2.45) is 0 Å². The van der Waals surface area contributed by atoms with Crippen molar-refractivity contribution in [1.82, 2.24) is 25.2 Å². The number of nitrogens with zero attached hydrogens (tertiary/aromatic N) is 4. The zero-order chi connectivity index (χ0) is 13.7. The molecule has 0 amide bonds. The van der Waals surface area contributed by atoms with Crippen LogP contribution in [0.5, 0.6) is 0 Å². The molecule has 104 valence electrons. The molecule has 0 atom stereocenters. The second-order valence-electron chi connectivity index (χ2n) is 4.74. The van der Waals surface area contributed by atoms with Gasteiger partial charge in [0.15, 0.2) is 0 Å². The number of rotatable bonds is 7. The maximum Gasteiger partial charge on any atom is 0.105 e. The van der Waals surface area contributed by atoms with Gasteiger partial charge in [-0.1, -0.05) is 5.21 Å². The van der Waals surface area contributed by atoms with Crippen LogP contribution in [0.2, 0.25) is 0 Å². The molecule has 2 rings (SSSR count). The van der Waals surface area contributed by atoms with Crippen molar-refractivity contribution in [1.29, 1.82) is 0 Å². The molecule has 2 aromatic rings. The minimum absolute atomic E-state index is 0.754. The zero-order valence-corrected chi connectivity index (χ0v) is 11.8. The second-order valence-corrected chi connectivity index (χ2v) is 4.74. The van der Waals surface area contributed by atoms with Crippen LogP contribution in [0.1, 0.15) is 17.0 Å². The molecular formula is C13H21N5O. The summed E-state index contributed by atoms with van der Waals surface area (Å²) in [5.74, 6) is 0.990. The highest BCUT2D eigenvalue weighted by molar-refractivity contribution is 5.14. The molecule has 2 heterocycles. The Morgan fingerprint density at radius 3 is 3.00 bits per heavy atom. The number of furan rings is 1. The van der Waals surface area contributed by atoms with Crippen LogP contribution in [0.4, 0.5) is 0 Å². The van der Waals surface area contributed by atoms with Crippen LogP contribution in [0.15, 0.2) is 22.9 Å². The molecule has 0 aliphatic heterocycles. The summed E-state index contributed by atoms with van der Waals surface area (Å²) in [7, 11) is 4.00. The molecule has 0 fully saturated rings. The van der Waals surface area contributed by atoms with Crippen LogP contribution in [0.25, 0.3) is 0 Å². The molecule has 0 aliphatic rings. The molecule has 6 nitrogen and oxygen atoms in total. The second kappa shape index (κ2) is 6.49. The third-order valence-electron chi connectivity index (χ3n) is 3.06. The molecule has 0 aliphatic carbocycles. The van der Waals surface area contributed by atoms with E-state index in [9.17, 15) is 0 Å². The minimum Gasteiger partial charge on any atom is -0.469 e. The summed E-state index contributed by atoms with van der Waals surface area (Å²) in [6.07, 6.45) is 3.72. The van der Waals surface area contributed by atoms with E-state index in [0.29, 0.717) is 0 Å². The van der Waals surface area contributed by atoms with Gasteiger partial charge in [-0.25, -0.2) is 0 Å². The van der Waals surface area contributed by atoms with Gasteiger partial charge in [0.05, 0.1) is 18.5 Å². The Balaban J connectivity index is 1.79. The number of aromatic nitrogens is 3. The van der Waals surface area contributed by atoms with Gasteiger partial charge >= 0.3 is 0 Å². The van der Waals surface area contributed by atoms with Gasteiger partial charge in [-0.05, 0) is 27.1 Å². The number of likely N-dealkylation sites (N-methyl/N-ethyl adjacent to an activating group) is 1. The number of aryl methyl sites for hydroxylation is 1. The third kappa shape index (κ3) is 3.90. The maximum atomic E-state index is 5.30. The van der Waals surface area contributed by atoms with Crippen molar-refractivity contribution in [3.8, 4) is 0 Å². The Hall–Kier alpha value is -1.66. The molecule has 0 saturated carbocycles. The summed E-state index contributed by atoms with van der Waals surface area (Å²) in [5, 5.41) is 11.3. The smallest absolute Gasteiger partial charge is 0.105 e. The number of hydrogen-bond donors (Lipinski definition) is 1. The highest BCUT2D eigenvalue weighted by atomic mass is 16.3. The van der Waals surface area contributed by atoms with Crippen LogP contribution in [-0.2, 0) is 19.6 Å². The Bertz CT molecular complexity index is 505. The standard InChI is InChI=1S/C13H21N5O/c1-11-12(4-7-19-11)9-17(3)5-6-18-10-13(8-14-2)15-16-18/h4,7,10,14H,5-6,8-9H2,1-3H3. The van der Waals surface area contributed by atoms with Crippen LogP contribution in [0, 0.1) is 6.92 Å². The van der Waals surface area contributed by atoms with Crippen LogP contribution >= 0.6 is 0 Å². The summed E-state index contributed by atoms with van der Waals surface area (Å²) < 4.78 is 7.18. The molecule has 0 radical (unpaired) electrons. The lowest BCUT2D eigenvalue weighted by molar-refractivity contribution is 0.301. The topological polar surface area (TPSA) is 59.1 Å². The maximum absolute atomic E-state index is 5.30. The van der Waals surface area contributed by atoms with E-state index in [1.54, 1.807) is 6.26 Å². The predicted octanol–water partition coefficient (Wildman–Crippen LogP) is 1.03. The fraction of sp³-hybridized carbons (Fsp3) is 0.538. The molecule has 0 saturated heterocycles. The normalized spacial score (nSPS) is 11.4. The molecule has 1 N–H and O–H groups in total. The lowest BCUT2D eigenvalue weighted by atomic mass is 10.2. The average molecular weight is 263 g/mol. The number of hydrogen-bond acceptors (Lipinski definition) is 5. The molecule has 0 bridgehead atoms. The van der Waals surface area contributed by atoms with Crippen molar-refractivity contribution < 1.29 is 4.42 Å². The van der Waals surface area contributed by atoms with E-state index in [4.69, 9.17) is 4.42 Å². The predicted molar refractivity (Wildman–Crippen MR) is 72.6 cm³/mol. The van der Waals surface area contributed by atoms with Crippen molar-refractivity contribution >= 4 is 0 Å². The Kier molecular flexibility index (Phi) is 4.70. The van der Waals surface area contributed by atoms with Gasteiger partial charge in [-0.2, -0.15) is 0 Å². The summed E-state index contributed by atoms with van der Waals surface area (Å²) in [6, 6.07) is 2.02. The van der Waals surface area contributed by atoms with E-state index >= 15 is 0 Å². The van der Waals surface area contributed by atoms with Crippen molar-refractivity contribution in [3.05, 3.63) is 35.5 Å². The van der Waals surface area contributed by atoms with Gasteiger partial charge < -0.3 is 14.6 Å². The highest BCUT2D eigenvalue weighted by Crippen LogP contribution is 2.10. The van der Waals surface area contributed by atoms with Crippen LogP contribution in [-0.4, -0.2) is 40.5 Å². The fourth-order valence-corrected chi connectivity index (χ4v) is 1.93. The van der Waals surface area contributed by atoms with E-state index in [2.05, 4.69) is 27.6 Å². The first-order valence-corrected chi connectivity index (χ1v) is 6.44. The summed E-state index contributed by atoms with van der Waals surface area (Å²) in [5.41, 5.74) is 2.20. The molecule has 19 heavy (non-hydrogen) atoms. The first-order valence-electron chi connectivity index (χ1n) is 6.44. The molecular weight excluding hydrogens is 242 g/mol. The van der Waals surface area contributed by atoms with Gasteiger partial charge in [-0.3, -0.25) is 4.68 Å². The Labute approximate surface area is 113 Å². The first kappa shape index (κ1) is 13.8. The van der Waals surface area contributed by atoms with Crippen molar-refractivity contribution in [2.75, 3.05) is 20.6 Å². The minimum atomic E-state index is 0.754. The molecule has 0 unspecified atom stereocenters. The Morgan fingerprint density at radius 2 is 2.32 bits per heavy atom. The highest BCUT2D eigenvalue weighted by Gasteiger charge is 2.06. The lowest BCUT2D eigenvalue weighted by Crippen LogP contribution is -2.23. The van der Waals surface area contributed by atoms with Gasteiger partial charge in [-0.15, -0.1) is 5.10 Å². The van der Waals surface area contributed by atoms with Crippen LogP contribution < -0.4 is 5.32 Å². The molecule has 0 spiro atoms. The quantitative estimate of drug-likeness (QED) is 0.808. The summed E-state index contributed by atoms with van der Waals surface area (Å²) >= 11 is 0.